The maximum absolute atomic E-state index is 11.8. The minimum absolute atomic E-state index is 0.00456. The highest BCUT2D eigenvalue weighted by Gasteiger charge is 2.19. The molecule has 1 unspecified atom stereocenters. The first-order valence-electron chi connectivity index (χ1n) is 6.39. The molecule has 2 amide bonds. The van der Waals surface area contributed by atoms with Crippen molar-refractivity contribution in [1.29, 1.82) is 0 Å². The molecule has 5 nitrogen and oxygen atoms in total. The summed E-state index contributed by atoms with van der Waals surface area (Å²) in [6.07, 6.45) is 3.58. The monoisotopic (exact) mass is 241 g/mol. The molecule has 0 aromatic rings. The van der Waals surface area contributed by atoms with Gasteiger partial charge < -0.3 is 15.5 Å². The maximum Gasteiger partial charge on any atom is 0.242 e. The van der Waals surface area contributed by atoms with E-state index in [2.05, 4.69) is 10.6 Å². The van der Waals surface area contributed by atoms with Gasteiger partial charge in [-0.3, -0.25) is 9.59 Å². The highest BCUT2D eigenvalue weighted by molar-refractivity contribution is 5.83. The highest BCUT2D eigenvalue weighted by Crippen LogP contribution is 2.08. The number of nitrogens with zero attached hydrogens (tertiary/aromatic N) is 1. The van der Waals surface area contributed by atoms with Gasteiger partial charge in [0.1, 0.15) is 0 Å². The summed E-state index contributed by atoms with van der Waals surface area (Å²) >= 11 is 0. The fourth-order valence-electron chi connectivity index (χ4n) is 2.07. The van der Waals surface area contributed by atoms with E-state index < -0.39 is 0 Å². The van der Waals surface area contributed by atoms with Crippen molar-refractivity contribution in [3.63, 3.8) is 0 Å². The largest absolute Gasteiger partial charge is 0.347 e. The van der Waals surface area contributed by atoms with Crippen LogP contribution in [0, 0.1) is 0 Å². The normalized spacial score (nSPS) is 19.8. The van der Waals surface area contributed by atoms with Gasteiger partial charge in [-0.25, -0.2) is 0 Å². The molecule has 0 aliphatic carbocycles. The number of carbonyl (C=O) groups excluding carboxylic acids is 2. The molecule has 1 atom stereocenters. The second kappa shape index (κ2) is 7.27. The third kappa shape index (κ3) is 5.17. The second-order valence-corrected chi connectivity index (χ2v) is 4.49. The summed E-state index contributed by atoms with van der Waals surface area (Å²) in [5.74, 6) is -0.166. The topological polar surface area (TPSA) is 61.4 Å². The molecule has 2 N–H and O–H groups in total. The Morgan fingerprint density at radius 3 is 2.71 bits per heavy atom. The van der Waals surface area contributed by atoms with Crippen LogP contribution in [0.3, 0.4) is 0 Å². The van der Waals surface area contributed by atoms with Crippen molar-refractivity contribution in [3.05, 3.63) is 0 Å². The van der Waals surface area contributed by atoms with E-state index in [9.17, 15) is 9.59 Å². The smallest absolute Gasteiger partial charge is 0.242 e. The molecule has 1 aliphatic heterocycles. The molecule has 98 valence electrons. The molecule has 0 radical (unpaired) electrons. The van der Waals surface area contributed by atoms with Crippen LogP contribution in [0.4, 0.5) is 0 Å². The fourth-order valence-corrected chi connectivity index (χ4v) is 2.07. The van der Waals surface area contributed by atoms with Gasteiger partial charge in [-0.05, 0) is 26.3 Å². The lowest BCUT2D eigenvalue weighted by molar-refractivity contribution is -0.132. The van der Waals surface area contributed by atoms with Crippen LogP contribution < -0.4 is 10.6 Å². The summed E-state index contributed by atoms with van der Waals surface area (Å²) in [5.41, 5.74) is 0. The highest BCUT2D eigenvalue weighted by atomic mass is 16.2. The molecule has 1 saturated heterocycles. The quantitative estimate of drug-likeness (QED) is 0.718. The maximum atomic E-state index is 11.8. The zero-order valence-electron chi connectivity index (χ0n) is 10.8. The molecule has 17 heavy (non-hydrogen) atoms. The predicted octanol–water partition coefficient (Wildman–Crippen LogP) is 0.113. The third-order valence-corrected chi connectivity index (χ3v) is 3.08. The minimum atomic E-state index is -0.162. The van der Waals surface area contributed by atoms with Crippen molar-refractivity contribution in [2.45, 2.75) is 39.2 Å². The van der Waals surface area contributed by atoms with Gasteiger partial charge in [0, 0.05) is 26.1 Å². The summed E-state index contributed by atoms with van der Waals surface area (Å²) in [6.45, 7) is 5.98. The summed E-state index contributed by atoms with van der Waals surface area (Å²) in [5, 5.41) is 5.97. The van der Waals surface area contributed by atoms with E-state index in [0.717, 1.165) is 19.5 Å². The number of amides is 2. The van der Waals surface area contributed by atoms with E-state index in [1.165, 1.54) is 19.8 Å². The van der Waals surface area contributed by atoms with Crippen LogP contribution >= 0.6 is 0 Å². The summed E-state index contributed by atoms with van der Waals surface area (Å²) in [7, 11) is 0. The molecule has 1 aliphatic rings. The summed E-state index contributed by atoms with van der Waals surface area (Å²) in [4.78, 5) is 24.4. The summed E-state index contributed by atoms with van der Waals surface area (Å²) in [6, 6.07) is 0.407. The standard InChI is InChI=1S/C12H23N3O2/c1-3-15(12(17)8-14-10(2)16)9-11-6-4-5-7-13-11/h11,13H,3-9H2,1-2H3,(H,14,16). The molecule has 0 bridgehead atoms. The van der Waals surface area contributed by atoms with Crippen molar-refractivity contribution in [2.24, 2.45) is 0 Å². The minimum Gasteiger partial charge on any atom is -0.347 e. The number of likely N-dealkylation sites (N-methyl/N-ethyl adjacent to an activating group) is 1. The molecule has 1 fully saturated rings. The summed E-state index contributed by atoms with van der Waals surface area (Å²) < 4.78 is 0. The average molecular weight is 241 g/mol. The molecule has 0 aromatic carbocycles. The van der Waals surface area contributed by atoms with E-state index >= 15 is 0 Å². The van der Waals surface area contributed by atoms with Gasteiger partial charge in [0.05, 0.1) is 6.54 Å². The Bertz CT molecular complexity index is 262. The number of hydrogen-bond acceptors (Lipinski definition) is 3. The van der Waals surface area contributed by atoms with Gasteiger partial charge in [-0.1, -0.05) is 6.42 Å². The Balaban J connectivity index is 2.35. The number of hydrogen-bond donors (Lipinski definition) is 2. The SMILES string of the molecule is CCN(CC1CCCCN1)C(=O)CNC(C)=O. The number of nitrogens with one attached hydrogen (secondary N) is 2. The second-order valence-electron chi connectivity index (χ2n) is 4.49. The van der Waals surface area contributed by atoms with Crippen molar-refractivity contribution in [1.82, 2.24) is 15.5 Å². The van der Waals surface area contributed by atoms with Gasteiger partial charge in [0.2, 0.25) is 11.8 Å². The van der Waals surface area contributed by atoms with E-state index in [-0.39, 0.29) is 18.4 Å². The van der Waals surface area contributed by atoms with Crippen LogP contribution in [0.1, 0.15) is 33.1 Å². The van der Waals surface area contributed by atoms with E-state index in [1.54, 1.807) is 4.90 Å². The van der Waals surface area contributed by atoms with Crippen molar-refractivity contribution in [2.75, 3.05) is 26.2 Å². The molecule has 1 rings (SSSR count). The lowest BCUT2D eigenvalue weighted by Gasteiger charge is -2.30. The molecule has 5 heteroatoms. The van der Waals surface area contributed by atoms with Crippen molar-refractivity contribution < 1.29 is 9.59 Å². The third-order valence-electron chi connectivity index (χ3n) is 3.08. The molecule has 1 heterocycles. The zero-order chi connectivity index (χ0) is 12.7. The first-order valence-corrected chi connectivity index (χ1v) is 6.39. The molecule has 0 saturated carbocycles. The number of rotatable bonds is 5. The van der Waals surface area contributed by atoms with Crippen molar-refractivity contribution in [3.8, 4) is 0 Å². The van der Waals surface area contributed by atoms with Crippen LogP contribution in [0.2, 0.25) is 0 Å². The van der Waals surface area contributed by atoms with Crippen LogP contribution in [0.15, 0.2) is 0 Å². The van der Waals surface area contributed by atoms with E-state index in [0.29, 0.717) is 12.6 Å². The van der Waals surface area contributed by atoms with Gasteiger partial charge in [-0.15, -0.1) is 0 Å². The Morgan fingerprint density at radius 1 is 1.41 bits per heavy atom. The number of piperidine rings is 1. The van der Waals surface area contributed by atoms with Gasteiger partial charge in [-0.2, -0.15) is 0 Å². The lowest BCUT2D eigenvalue weighted by atomic mass is 10.0. The van der Waals surface area contributed by atoms with E-state index in [1.807, 2.05) is 6.92 Å². The van der Waals surface area contributed by atoms with Crippen LogP contribution in [-0.4, -0.2) is 48.9 Å². The number of carbonyl (C=O) groups is 2. The van der Waals surface area contributed by atoms with Crippen LogP contribution in [0.5, 0.6) is 0 Å². The van der Waals surface area contributed by atoms with Gasteiger partial charge >= 0.3 is 0 Å². The van der Waals surface area contributed by atoms with E-state index in [4.69, 9.17) is 0 Å². The lowest BCUT2D eigenvalue weighted by Crippen LogP contribution is -2.48. The first-order chi connectivity index (χ1) is 8.13. The Morgan fingerprint density at radius 2 is 2.18 bits per heavy atom. The zero-order valence-corrected chi connectivity index (χ0v) is 10.8. The van der Waals surface area contributed by atoms with Crippen LogP contribution in [-0.2, 0) is 9.59 Å². The fraction of sp³-hybridized carbons (Fsp3) is 0.833. The molecular weight excluding hydrogens is 218 g/mol. The van der Waals surface area contributed by atoms with Crippen molar-refractivity contribution >= 4 is 11.8 Å². The van der Waals surface area contributed by atoms with Gasteiger partial charge in [0.15, 0.2) is 0 Å². The Kier molecular flexibility index (Phi) is 5.97. The molecule has 0 aromatic heterocycles. The first kappa shape index (κ1) is 14.0. The Hall–Kier alpha value is -1.10. The average Bonchev–Trinajstić information content (AvgIpc) is 2.34. The Labute approximate surface area is 103 Å². The molecule has 0 spiro atoms. The van der Waals surface area contributed by atoms with Gasteiger partial charge in [0.25, 0.3) is 0 Å². The van der Waals surface area contributed by atoms with Crippen LogP contribution in [0.25, 0.3) is 0 Å². The predicted molar refractivity (Wildman–Crippen MR) is 66.6 cm³/mol. The molecular formula is C12H23N3O2.